The van der Waals surface area contributed by atoms with Gasteiger partial charge in [-0.3, -0.25) is 38.4 Å². The molecule has 2 amide bonds. The van der Waals surface area contributed by atoms with Gasteiger partial charge in [-0.2, -0.15) is 0 Å². The van der Waals surface area contributed by atoms with Gasteiger partial charge in [-0.25, -0.2) is 28.8 Å². The smallest absolute Gasteiger partial charge is 0.350 e. The topological polar surface area (TPSA) is 433 Å². The van der Waals surface area contributed by atoms with E-state index in [0.717, 1.165) is 27.7 Å². The zero-order valence-corrected chi connectivity index (χ0v) is 77.8. The molecule has 0 spiro atoms. The SMILES string of the molecule is CC(=O)O[C@H]1C(=O)[C@@]2(C)C([C@H](OC(=O)c3ccccc3)[C@]3(O)C[C@H](OC(=O)[C@H](OC(=O)[C@@H]4OC(C)(C)O[C@H]4C(=O)O[C@@H](C(=O)O[C@H]4C[C@@]5(O)[C@@H](OC(=O)c6ccccc6)C6[C@@]7(OC(C)=O)CO[C@@H]7C[C@H](C)[C@@]6(C)C(=O)[C@H](OC(C)=O)C(=C4C)C5(C)C)[C@@H](NC(=O)c4ccccc4)c4ccccc4)[C@H](NC(=O)c4ccccc4)c4ccccc4)C(C)=C1C3(C)C)[C@@]1(OC(C)=O)CO[C@@H]1C[C@@H]2C. The third-order valence-corrected chi connectivity index (χ3v) is 29.9. The normalized spacial score (nSPS) is 32.3. The van der Waals surface area contributed by atoms with Gasteiger partial charge in [0.05, 0.1) is 36.2 Å². The number of rotatable bonds is 24. The van der Waals surface area contributed by atoms with E-state index in [4.69, 9.17) is 66.3 Å². The van der Waals surface area contributed by atoms with Gasteiger partial charge in [-0.05, 0) is 134 Å². The Morgan fingerprint density at radius 3 is 1.00 bits per heavy atom. The average Bonchev–Trinajstić information content (AvgIpc) is 0.745. The second kappa shape index (κ2) is 36.6. The number of benzene rings is 6. The third-order valence-electron chi connectivity index (χ3n) is 29.9. The summed E-state index contributed by atoms with van der Waals surface area (Å²) in [5, 5.41) is 34.9. The summed E-state index contributed by atoms with van der Waals surface area (Å²) in [6.45, 7) is 21.9. The quantitative estimate of drug-likeness (QED) is 0.0248. The monoisotopic (exact) mass is 1860 g/mol. The van der Waals surface area contributed by atoms with Gasteiger partial charge in [0.2, 0.25) is 12.2 Å². The molecule has 24 atom stereocenters. The van der Waals surface area contributed by atoms with E-state index in [1.165, 1.54) is 152 Å². The average molecular weight is 1860 g/mol. The van der Waals surface area contributed by atoms with E-state index in [0.29, 0.717) is 0 Å². The summed E-state index contributed by atoms with van der Waals surface area (Å²) in [5.41, 5.74) is -16.5. The van der Waals surface area contributed by atoms with Gasteiger partial charge in [0.15, 0.2) is 53.0 Å². The maximum atomic E-state index is 16.6. The molecule has 714 valence electrons. The first kappa shape index (κ1) is 97.1. The molecule has 3 heterocycles. The molecule has 2 unspecified atom stereocenters. The minimum atomic E-state index is -2.62. The Balaban J connectivity index is 0.844. The van der Waals surface area contributed by atoms with Crippen molar-refractivity contribution in [2.75, 3.05) is 13.2 Å². The van der Waals surface area contributed by atoms with Crippen LogP contribution in [0.25, 0.3) is 0 Å². The number of hydrogen-bond donors (Lipinski definition) is 4. The van der Waals surface area contributed by atoms with Crippen molar-refractivity contribution < 1.29 is 144 Å². The second-order valence-corrected chi connectivity index (χ2v) is 38.8. The van der Waals surface area contributed by atoms with Crippen LogP contribution in [0.2, 0.25) is 0 Å². The Labute approximate surface area is 779 Å². The molecule has 9 aliphatic rings. The van der Waals surface area contributed by atoms with E-state index < -0.39 is 255 Å². The molecule has 0 aromatic heterocycles. The molecule has 6 aliphatic carbocycles. The molecule has 32 nitrogen and oxygen atoms in total. The summed E-state index contributed by atoms with van der Waals surface area (Å²) in [5.74, 6) is -21.9. The van der Waals surface area contributed by atoms with Gasteiger partial charge < -0.3 is 87.2 Å². The molecule has 32 heteroatoms. The van der Waals surface area contributed by atoms with Crippen LogP contribution in [-0.4, -0.2) is 208 Å². The highest BCUT2D eigenvalue weighted by atomic mass is 16.8. The Kier molecular flexibility index (Phi) is 26.4. The molecule has 135 heavy (non-hydrogen) atoms. The lowest BCUT2D eigenvalue weighted by Crippen LogP contribution is -2.80. The van der Waals surface area contributed by atoms with E-state index in [9.17, 15) is 39.0 Å². The number of nitrogens with one attached hydrogen (secondary N) is 2. The number of amides is 2. The molecular weight excluding hydrogens is 1750 g/mol. The first-order chi connectivity index (χ1) is 63.7. The first-order valence-corrected chi connectivity index (χ1v) is 45.1. The highest BCUT2D eigenvalue weighted by Crippen LogP contribution is 2.69. The van der Waals surface area contributed by atoms with Crippen LogP contribution in [0.15, 0.2) is 204 Å². The maximum Gasteiger partial charge on any atom is 0.350 e. The van der Waals surface area contributed by atoms with Crippen molar-refractivity contribution >= 4 is 83.1 Å². The number of carbonyl (C=O) groups is 14. The number of carbonyl (C=O) groups excluding carboxylic acids is 14. The lowest BCUT2D eigenvalue weighted by Gasteiger charge is -2.68. The summed E-state index contributed by atoms with van der Waals surface area (Å²) in [4.78, 5) is 214. The van der Waals surface area contributed by atoms with Gasteiger partial charge in [-0.1, -0.05) is 189 Å². The van der Waals surface area contributed by atoms with E-state index in [-0.39, 0.29) is 81.7 Å². The van der Waals surface area contributed by atoms with Crippen LogP contribution in [0.5, 0.6) is 0 Å². The highest BCUT2D eigenvalue weighted by Gasteiger charge is 2.81. The van der Waals surface area contributed by atoms with Gasteiger partial charge in [0.25, 0.3) is 11.8 Å². The molecule has 3 saturated heterocycles. The standard InChI is InChI=1S/C103H112N2O30/c1-53-47-69-100(51-122-69,132-59(7)108)81-85(130-89(114)65-43-31-21-32-44-65)102(120)49-67(55(3)71(95(102,9)10)75(124-57(5)106)83(110)98(53,81)15)126-91(116)77(73(61-35-23-17-24-36-61)104-87(112)63-39-27-19-28-40-63)128-93(118)79-80(135-97(13,14)134-79)94(119)129-78(74(62-37-25-18-26-38-62)105-88(113)64-41-29-20-30-42-64)92(117)127-68-50-103(121)86(131-90(115)66-45-33-22-34-46-66)82-99(16,54(2)48-70-101(82,52-123-70)133-60(8)109)84(111)76(125-58(6)107)72(56(68)4)96(103,11)12/h17-46,53-54,67-70,73-82,85-86,120-121H,47-52H2,1-16H3,(H,104,112)(H,105,113)/t53-,54-,67-,68-,69+,70+,73-,74+,75+,76+,77+,78+,79+,80+,81?,82?,85-,86-,98+,99+,100+,101+,102+,103+/m0/s1. The number of ether oxygens (including phenoxy) is 14. The minimum absolute atomic E-state index is 0.000973. The van der Waals surface area contributed by atoms with Crippen LogP contribution < -0.4 is 10.6 Å². The van der Waals surface area contributed by atoms with Crippen LogP contribution >= 0.6 is 0 Å². The van der Waals surface area contributed by atoms with Crippen molar-refractivity contribution in [2.24, 2.45) is 45.3 Å². The molecule has 6 aromatic carbocycles. The number of esters is 10. The van der Waals surface area contributed by atoms with E-state index >= 15 is 38.4 Å². The van der Waals surface area contributed by atoms with Gasteiger partial charge in [0.1, 0.15) is 59.9 Å². The zero-order valence-electron chi connectivity index (χ0n) is 77.8. The largest absolute Gasteiger partial charge is 0.455 e. The molecule has 3 aliphatic heterocycles. The number of fused-ring (bicyclic) bond motifs is 10. The van der Waals surface area contributed by atoms with Gasteiger partial charge >= 0.3 is 59.7 Å². The van der Waals surface area contributed by atoms with Crippen molar-refractivity contribution in [3.05, 3.63) is 238 Å². The van der Waals surface area contributed by atoms with Crippen molar-refractivity contribution in [3.8, 4) is 0 Å². The number of Topliss-reactive ketones (excluding diaryl/α,β-unsaturated/α-hetero) is 2. The highest BCUT2D eigenvalue weighted by molar-refractivity contribution is 5.99. The molecule has 4 N–H and O–H groups in total. The van der Waals surface area contributed by atoms with Crippen molar-refractivity contribution in [3.63, 3.8) is 0 Å². The van der Waals surface area contributed by atoms with Crippen LogP contribution in [0.3, 0.4) is 0 Å². The Morgan fingerprint density at radius 2 is 0.711 bits per heavy atom. The lowest BCUT2D eigenvalue weighted by atomic mass is 9.43. The van der Waals surface area contributed by atoms with Crippen LogP contribution in [0.1, 0.15) is 201 Å². The Morgan fingerprint density at radius 1 is 0.407 bits per heavy atom. The third kappa shape index (κ3) is 17.0. The number of hydrogen-bond acceptors (Lipinski definition) is 30. The summed E-state index contributed by atoms with van der Waals surface area (Å²) in [6.07, 6.45) is -24.5. The lowest BCUT2D eigenvalue weighted by molar-refractivity contribution is -0.340. The first-order valence-electron chi connectivity index (χ1n) is 45.1. The molecule has 15 rings (SSSR count). The van der Waals surface area contributed by atoms with Crippen molar-refractivity contribution in [2.45, 2.75) is 250 Å². The summed E-state index contributed by atoms with van der Waals surface area (Å²) < 4.78 is 90.0. The predicted molar refractivity (Wildman–Crippen MR) is 473 cm³/mol. The van der Waals surface area contributed by atoms with E-state index in [1.807, 2.05) is 0 Å². The molecule has 4 bridgehead atoms. The fraction of sp³-hybridized carbons (Fsp3) is 0.476. The van der Waals surface area contributed by atoms with Crippen LogP contribution in [-0.2, 0) is 114 Å². The van der Waals surface area contributed by atoms with Crippen molar-refractivity contribution in [1.29, 1.82) is 0 Å². The molecule has 7 fully saturated rings. The Hall–Kier alpha value is -12.5. The summed E-state index contributed by atoms with van der Waals surface area (Å²) >= 11 is 0. The maximum absolute atomic E-state index is 16.6. The van der Waals surface area contributed by atoms with E-state index in [2.05, 4.69) is 10.6 Å². The van der Waals surface area contributed by atoms with Gasteiger partial charge in [0, 0.05) is 73.3 Å². The molecule has 4 saturated carbocycles. The zero-order chi connectivity index (χ0) is 97.5. The number of aliphatic hydroxyl groups is 2. The fourth-order valence-electron chi connectivity index (χ4n) is 22.7. The van der Waals surface area contributed by atoms with Crippen LogP contribution in [0, 0.1) is 45.3 Å². The molecule has 0 radical (unpaired) electrons. The number of ketones is 2. The summed E-state index contributed by atoms with van der Waals surface area (Å²) in [7, 11) is 0. The Bertz CT molecular complexity index is 5400. The fourth-order valence-corrected chi connectivity index (χ4v) is 22.7. The van der Waals surface area contributed by atoms with Gasteiger partial charge in [-0.15, -0.1) is 0 Å². The van der Waals surface area contributed by atoms with Crippen LogP contribution in [0.4, 0.5) is 0 Å². The summed E-state index contributed by atoms with van der Waals surface area (Å²) in [6, 6.07) is 42.3. The van der Waals surface area contributed by atoms with E-state index in [1.54, 1.807) is 113 Å². The second-order valence-electron chi connectivity index (χ2n) is 38.8. The molecule has 6 aromatic rings. The van der Waals surface area contributed by atoms with Crippen molar-refractivity contribution in [1.82, 2.24) is 10.6 Å². The molecular formula is C103H112N2O30. The minimum Gasteiger partial charge on any atom is -0.455 e. The predicted octanol–water partition coefficient (Wildman–Crippen LogP) is 10.7.